The number of thiocarbonyl (C=S) groups is 1. The Balaban J connectivity index is 1.76. The largest absolute Gasteiger partial charge is 0.439 e. The van der Waals surface area contributed by atoms with Crippen LogP contribution >= 0.6 is 24.2 Å². The van der Waals surface area contributed by atoms with Gasteiger partial charge in [0.15, 0.2) is 0 Å². The van der Waals surface area contributed by atoms with E-state index in [1.165, 1.54) is 24.8 Å². The van der Waals surface area contributed by atoms with Crippen LogP contribution in [-0.2, 0) is 0 Å². The van der Waals surface area contributed by atoms with Crippen molar-refractivity contribution in [3.8, 4) is 5.75 Å². The Morgan fingerprint density at radius 3 is 2.71 bits per heavy atom. The van der Waals surface area contributed by atoms with E-state index in [-0.39, 0.29) is 0 Å². The normalized spacial score (nSPS) is 15.1. The highest BCUT2D eigenvalue weighted by Gasteiger charge is 2.21. The van der Waals surface area contributed by atoms with Gasteiger partial charge >= 0.3 is 0 Å². The van der Waals surface area contributed by atoms with E-state index in [1.807, 2.05) is 30.3 Å². The van der Waals surface area contributed by atoms with Gasteiger partial charge in [0, 0.05) is 18.0 Å². The van der Waals surface area contributed by atoms with Gasteiger partial charge in [-0.15, -0.1) is 0 Å². The summed E-state index contributed by atoms with van der Waals surface area (Å²) in [7, 11) is 0. The summed E-state index contributed by atoms with van der Waals surface area (Å²) in [6.07, 6.45) is 2.50. The number of hydrogen-bond donors (Lipinski definition) is 1. The van der Waals surface area contributed by atoms with Crippen LogP contribution in [0.5, 0.6) is 5.75 Å². The van der Waals surface area contributed by atoms with E-state index in [0.29, 0.717) is 10.4 Å². The standard InChI is InChI=1S/C10H11NOS2/c13-10(14-11-8-6-7-8)12-9-4-2-1-3-5-9/h1-5,8,11H,6-7H2. The van der Waals surface area contributed by atoms with E-state index in [1.54, 1.807) is 0 Å². The van der Waals surface area contributed by atoms with Gasteiger partial charge in [-0.05, 0) is 37.2 Å². The molecule has 0 spiro atoms. The zero-order valence-corrected chi connectivity index (χ0v) is 9.24. The average molecular weight is 225 g/mol. The maximum atomic E-state index is 5.42. The van der Waals surface area contributed by atoms with Gasteiger partial charge in [-0.1, -0.05) is 18.2 Å². The number of benzene rings is 1. The molecule has 0 aliphatic heterocycles. The zero-order valence-electron chi connectivity index (χ0n) is 7.60. The van der Waals surface area contributed by atoms with Gasteiger partial charge in [-0.25, -0.2) is 0 Å². The fourth-order valence-electron chi connectivity index (χ4n) is 0.938. The van der Waals surface area contributed by atoms with Crippen molar-refractivity contribution in [1.82, 2.24) is 4.72 Å². The van der Waals surface area contributed by atoms with Gasteiger partial charge in [0.1, 0.15) is 5.75 Å². The van der Waals surface area contributed by atoms with Gasteiger partial charge in [0.05, 0.1) is 0 Å². The van der Waals surface area contributed by atoms with Crippen molar-refractivity contribution in [3.63, 3.8) is 0 Å². The van der Waals surface area contributed by atoms with Gasteiger partial charge in [-0.2, -0.15) is 0 Å². The molecule has 0 radical (unpaired) electrons. The highest BCUT2D eigenvalue weighted by Crippen LogP contribution is 2.22. The van der Waals surface area contributed by atoms with Crippen molar-refractivity contribution >= 4 is 28.5 Å². The monoisotopic (exact) mass is 225 g/mol. The molecule has 1 aromatic carbocycles. The molecule has 0 heterocycles. The van der Waals surface area contributed by atoms with Crippen LogP contribution in [0.3, 0.4) is 0 Å². The third-order valence-electron chi connectivity index (χ3n) is 1.83. The minimum Gasteiger partial charge on any atom is -0.439 e. The second-order valence-corrected chi connectivity index (χ2v) is 4.60. The highest BCUT2D eigenvalue weighted by atomic mass is 32.2. The molecule has 0 bridgehead atoms. The number of para-hydroxylation sites is 1. The second-order valence-electron chi connectivity index (χ2n) is 3.16. The molecule has 1 aliphatic carbocycles. The predicted octanol–water partition coefficient (Wildman–Crippen LogP) is 2.75. The maximum Gasteiger partial charge on any atom is 0.240 e. The van der Waals surface area contributed by atoms with Gasteiger partial charge in [-0.3, -0.25) is 4.72 Å². The highest BCUT2D eigenvalue weighted by molar-refractivity contribution is 8.21. The van der Waals surface area contributed by atoms with Crippen molar-refractivity contribution in [1.29, 1.82) is 0 Å². The van der Waals surface area contributed by atoms with Crippen LogP contribution in [-0.4, -0.2) is 10.4 Å². The van der Waals surface area contributed by atoms with Crippen LogP contribution < -0.4 is 9.46 Å². The Hall–Kier alpha value is -0.580. The van der Waals surface area contributed by atoms with Crippen LogP contribution in [0.2, 0.25) is 0 Å². The number of nitrogens with one attached hydrogen (secondary N) is 1. The van der Waals surface area contributed by atoms with E-state index >= 15 is 0 Å². The first-order valence-corrected chi connectivity index (χ1v) is 5.76. The van der Waals surface area contributed by atoms with Crippen LogP contribution in [0.15, 0.2) is 30.3 Å². The lowest BCUT2D eigenvalue weighted by Gasteiger charge is -2.05. The van der Waals surface area contributed by atoms with E-state index in [0.717, 1.165) is 5.75 Å². The quantitative estimate of drug-likeness (QED) is 0.630. The van der Waals surface area contributed by atoms with Crippen molar-refractivity contribution in [2.24, 2.45) is 0 Å². The molecule has 4 heteroatoms. The van der Waals surface area contributed by atoms with E-state index in [2.05, 4.69) is 4.72 Å². The fourth-order valence-corrected chi connectivity index (χ4v) is 1.82. The third kappa shape index (κ3) is 3.29. The van der Waals surface area contributed by atoms with Gasteiger partial charge in [0.2, 0.25) is 4.38 Å². The third-order valence-corrected chi connectivity index (χ3v) is 2.87. The SMILES string of the molecule is S=C(Oc1ccccc1)SNC1CC1. The summed E-state index contributed by atoms with van der Waals surface area (Å²) in [5.41, 5.74) is 0. The average Bonchev–Trinajstić information content (AvgIpc) is 3.00. The lowest BCUT2D eigenvalue weighted by Crippen LogP contribution is -2.12. The van der Waals surface area contributed by atoms with Crippen LogP contribution in [0.4, 0.5) is 0 Å². The molecule has 2 rings (SSSR count). The first kappa shape index (κ1) is 9.96. The minimum atomic E-state index is 0.531. The molecule has 0 unspecified atom stereocenters. The molecule has 14 heavy (non-hydrogen) atoms. The van der Waals surface area contributed by atoms with Crippen LogP contribution in [0, 0.1) is 0 Å². The molecule has 1 N–H and O–H groups in total. The summed E-state index contributed by atoms with van der Waals surface area (Å²) in [6, 6.07) is 10.2. The molecule has 1 aromatic rings. The Bertz CT molecular complexity index is 311. The molecule has 0 aromatic heterocycles. The van der Waals surface area contributed by atoms with E-state index < -0.39 is 0 Å². The maximum absolute atomic E-state index is 5.42. The summed E-state index contributed by atoms with van der Waals surface area (Å²) in [5, 5.41) is 0. The summed E-state index contributed by atoms with van der Waals surface area (Å²) in [5.74, 6) is 0.794. The molecular formula is C10H11NOS2. The van der Waals surface area contributed by atoms with Crippen molar-refractivity contribution < 1.29 is 4.74 Å². The zero-order chi connectivity index (χ0) is 9.80. The topological polar surface area (TPSA) is 21.3 Å². The molecule has 0 saturated heterocycles. The predicted molar refractivity (Wildman–Crippen MR) is 63.4 cm³/mol. The first-order valence-electron chi connectivity index (χ1n) is 4.54. The summed E-state index contributed by atoms with van der Waals surface area (Å²) in [4.78, 5) is 0. The Morgan fingerprint density at radius 2 is 2.07 bits per heavy atom. The molecule has 74 valence electrons. The molecule has 1 saturated carbocycles. The lowest BCUT2D eigenvalue weighted by atomic mass is 10.3. The Labute approximate surface area is 93.2 Å². The van der Waals surface area contributed by atoms with E-state index in [4.69, 9.17) is 17.0 Å². The van der Waals surface area contributed by atoms with Gasteiger partial charge < -0.3 is 4.74 Å². The van der Waals surface area contributed by atoms with Crippen molar-refractivity contribution in [2.45, 2.75) is 18.9 Å². The molecular weight excluding hydrogens is 214 g/mol. The van der Waals surface area contributed by atoms with E-state index in [9.17, 15) is 0 Å². The summed E-state index contributed by atoms with van der Waals surface area (Å²) < 4.78 is 9.18. The van der Waals surface area contributed by atoms with Crippen molar-refractivity contribution in [3.05, 3.63) is 30.3 Å². The molecule has 0 amide bonds. The fraction of sp³-hybridized carbons (Fsp3) is 0.300. The molecule has 1 fully saturated rings. The second kappa shape index (κ2) is 4.77. The Kier molecular flexibility index (Phi) is 3.39. The number of ether oxygens (including phenoxy) is 1. The number of rotatable bonds is 3. The smallest absolute Gasteiger partial charge is 0.240 e. The molecule has 0 atom stereocenters. The Morgan fingerprint density at radius 1 is 1.36 bits per heavy atom. The summed E-state index contributed by atoms with van der Waals surface area (Å²) >= 11 is 6.46. The molecule has 2 nitrogen and oxygen atoms in total. The van der Waals surface area contributed by atoms with Crippen LogP contribution in [0.1, 0.15) is 12.8 Å². The molecule has 1 aliphatic rings. The number of hydrogen-bond acceptors (Lipinski definition) is 4. The lowest BCUT2D eigenvalue weighted by molar-refractivity contribution is 0.578. The van der Waals surface area contributed by atoms with Gasteiger partial charge in [0.25, 0.3) is 0 Å². The summed E-state index contributed by atoms with van der Waals surface area (Å²) in [6.45, 7) is 0. The van der Waals surface area contributed by atoms with Crippen molar-refractivity contribution in [2.75, 3.05) is 0 Å². The van der Waals surface area contributed by atoms with Crippen LogP contribution in [0.25, 0.3) is 0 Å². The minimum absolute atomic E-state index is 0.531. The first-order chi connectivity index (χ1) is 6.84.